The average Bonchev–Trinajstić information content (AvgIpc) is 3.41. The monoisotopic (exact) mass is 661 g/mol. The van der Waals surface area contributed by atoms with Gasteiger partial charge in [-0.3, -0.25) is 4.79 Å². The third kappa shape index (κ3) is 20.2. The molecule has 1 amide bonds. The SMILES string of the molecule is C=CC1=C(C=C(C)C)CCN(CCN2CCCC([O-])CC2)C1=O.C=CCCC(/C=C\C)C1=C(N)C=CC=CC1.CC.CC.CC.[K+]. The van der Waals surface area contributed by atoms with E-state index in [9.17, 15) is 9.90 Å². The van der Waals surface area contributed by atoms with Crippen molar-refractivity contribution in [2.24, 2.45) is 11.7 Å². The van der Waals surface area contributed by atoms with Gasteiger partial charge in [-0.1, -0.05) is 115 Å². The molecule has 0 radical (unpaired) electrons. The summed E-state index contributed by atoms with van der Waals surface area (Å²) in [6.07, 6.45) is 24.3. The average molecular weight is 662 g/mol. The zero-order valence-electron chi connectivity index (χ0n) is 31.5. The molecule has 0 spiro atoms. The van der Waals surface area contributed by atoms with Crippen LogP contribution in [-0.2, 0) is 4.79 Å². The Labute approximate surface area is 327 Å². The minimum absolute atomic E-state index is 0. The summed E-state index contributed by atoms with van der Waals surface area (Å²) in [4.78, 5) is 16.9. The van der Waals surface area contributed by atoms with Crippen LogP contribution in [0.25, 0.3) is 0 Å². The molecule has 1 fully saturated rings. The van der Waals surface area contributed by atoms with Crippen LogP contribution in [0.4, 0.5) is 0 Å². The fourth-order valence-electron chi connectivity index (χ4n) is 5.28. The second kappa shape index (κ2) is 32.3. The first-order valence-electron chi connectivity index (χ1n) is 17.5. The van der Waals surface area contributed by atoms with Crippen molar-refractivity contribution in [3.05, 3.63) is 95.8 Å². The van der Waals surface area contributed by atoms with E-state index in [4.69, 9.17) is 5.73 Å². The first-order valence-corrected chi connectivity index (χ1v) is 17.5. The molecule has 6 heteroatoms. The molecule has 3 aliphatic rings. The summed E-state index contributed by atoms with van der Waals surface area (Å²) in [6, 6.07) is 0. The number of amides is 1. The number of hydrogen-bond donors (Lipinski definition) is 1. The molecular formula is C40H68KN3O2. The van der Waals surface area contributed by atoms with Gasteiger partial charge < -0.3 is 20.6 Å². The number of nitrogens with zero attached hydrogens (tertiary/aromatic N) is 2. The van der Waals surface area contributed by atoms with Gasteiger partial charge in [0.2, 0.25) is 0 Å². The topological polar surface area (TPSA) is 72.6 Å². The van der Waals surface area contributed by atoms with Crippen molar-refractivity contribution >= 4 is 5.91 Å². The van der Waals surface area contributed by atoms with Crippen LogP contribution < -0.4 is 62.2 Å². The van der Waals surface area contributed by atoms with Gasteiger partial charge in [0.25, 0.3) is 5.91 Å². The molecule has 1 aliphatic carbocycles. The van der Waals surface area contributed by atoms with Crippen molar-refractivity contribution < 1.29 is 61.3 Å². The van der Waals surface area contributed by atoms with Gasteiger partial charge in [-0.2, -0.15) is 0 Å². The van der Waals surface area contributed by atoms with Crippen molar-refractivity contribution in [1.82, 2.24) is 9.80 Å². The van der Waals surface area contributed by atoms with E-state index in [0.29, 0.717) is 5.92 Å². The number of hydrogen-bond acceptors (Lipinski definition) is 4. The van der Waals surface area contributed by atoms with Crippen molar-refractivity contribution in [3.8, 4) is 0 Å². The van der Waals surface area contributed by atoms with Crippen LogP contribution in [0.2, 0.25) is 0 Å². The largest absolute Gasteiger partial charge is 1.00 e. The molecular weight excluding hydrogens is 594 g/mol. The van der Waals surface area contributed by atoms with E-state index in [1.165, 1.54) is 11.1 Å². The Hall–Kier alpha value is -1.25. The molecule has 0 aromatic heterocycles. The van der Waals surface area contributed by atoms with Crippen molar-refractivity contribution in [1.29, 1.82) is 0 Å². The molecule has 0 bridgehead atoms. The molecule has 2 heterocycles. The van der Waals surface area contributed by atoms with Gasteiger partial charge in [0, 0.05) is 36.8 Å². The number of rotatable bonds is 10. The van der Waals surface area contributed by atoms with Crippen LogP contribution in [0.15, 0.2) is 95.8 Å². The van der Waals surface area contributed by atoms with E-state index >= 15 is 0 Å². The van der Waals surface area contributed by atoms with Gasteiger partial charge in [0.15, 0.2) is 0 Å². The molecule has 0 aromatic carbocycles. The second-order valence-electron chi connectivity index (χ2n) is 10.8. The van der Waals surface area contributed by atoms with E-state index in [2.05, 4.69) is 55.4 Å². The maximum Gasteiger partial charge on any atom is 1.00 e. The molecule has 0 aromatic rings. The van der Waals surface area contributed by atoms with E-state index in [1.54, 1.807) is 6.08 Å². The molecule has 5 nitrogen and oxygen atoms in total. The summed E-state index contributed by atoms with van der Waals surface area (Å²) in [5.41, 5.74) is 11.4. The number of likely N-dealkylation sites (tertiary alicyclic amines) is 1. The Morgan fingerprint density at radius 1 is 1.04 bits per heavy atom. The van der Waals surface area contributed by atoms with Gasteiger partial charge in [0.1, 0.15) is 0 Å². The van der Waals surface area contributed by atoms with Crippen LogP contribution >= 0.6 is 0 Å². The molecule has 2 N–H and O–H groups in total. The zero-order valence-corrected chi connectivity index (χ0v) is 34.7. The van der Waals surface area contributed by atoms with Crippen molar-refractivity contribution in [3.63, 3.8) is 0 Å². The van der Waals surface area contributed by atoms with E-state index in [0.717, 1.165) is 94.5 Å². The number of allylic oxidation sites excluding steroid dienone is 10. The number of carbonyl (C=O) groups excluding carboxylic acids is 1. The third-order valence-electron chi connectivity index (χ3n) is 7.42. The Kier molecular flexibility index (Phi) is 34.5. The molecule has 2 aliphatic heterocycles. The van der Waals surface area contributed by atoms with Crippen molar-refractivity contribution in [2.45, 2.75) is 113 Å². The van der Waals surface area contributed by atoms with E-state index in [1.807, 2.05) is 78.5 Å². The first kappa shape index (κ1) is 49.1. The Morgan fingerprint density at radius 3 is 2.30 bits per heavy atom. The number of carbonyl (C=O) groups is 1. The minimum atomic E-state index is -0.404. The summed E-state index contributed by atoms with van der Waals surface area (Å²) in [7, 11) is 0. The molecule has 1 saturated heterocycles. The smallest absolute Gasteiger partial charge is 0.852 e. The molecule has 2 unspecified atom stereocenters. The maximum absolute atomic E-state index is 12.6. The summed E-state index contributed by atoms with van der Waals surface area (Å²) in [5.74, 6) is 0.533. The fourth-order valence-corrected chi connectivity index (χ4v) is 5.28. The zero-order chi connectivity index (χ0) is 34.6. The van der Waals surface area contributed by atoms with Crippen LogP contribution in [0.3, 0.4) is 0 Å². The Morgan fingerprint density at radius 2 is 1.72 bits per heavy atom. The number of nitrogens with two attached hydrogens (primary N) is 1. The van der Waals surface area contributed by atoms with Crippen LogP contribution in [-0.4, -0.2) is 54.5 Å². The van der Waals surface area contributed by atoms with E-state index < -0.39 is 6.10 Å². The summed E-state index contributed by atoms with van der Waals surface area (Å²) in [6.45, 7) is 30.0. The second-order valence-corrected chi connectivity index (χ2v) is 10.8. The molecule has 256 valence electrons. The van der Waals surface area contributed by atoms with Gasteiger partial charge >= 0.3 is 51.4 Å². The van der Waals surface area contributed by atoms with Gasteiger partial charge in [0.05, 0.1) is 0 Å². The van der Waals surface area contributed by atoms with Gasteiger partial charge in [-0.05, 0) is 83.2 Å². The summed E-state index contributed by atoms with van der Waals surface area (Å²) < 4.78 is 0. The molecule has 0 saturated carbocycles. The summed E-state index contributed by atoms with van der Waals surface area (Å²) in [5, 5.41) is 11.6. The fraction of sp³-hybridized carbons (Fsp3) is 0.575. The van der Waals surface area contributed by atoms with Gasteiger partial charge in [-0.25, -0.2) is 0 Å². The molecule has 46 heavy (non-hydrogen) atoms. The maximum atomic E-state index is 12.6. The Bertz CT molecular complexity index is 1020. The van der Waals surface area contributed by atoms with Crippen LogP contribution in [0, 0.1) is 5.92 Å². The molecule has 3 rings (SSSR count). The predicted octanol–water partition coefficient (Wildman–Crippen LogP) is 5.84. The minimum Gasteiger partial charge on any atom is -0.852 e. The van der Waals surface area contributed by atoms with Gasteiger partial charge in [-0.15, -0.1) is 12.7 Å². The summed E-state index contributed by atoms with van der Waals surface area (Å²) >= 11 is 0. The van der Waals surface area contributed by atoms with E-state index in [-0.39, 0.29) is 57.3 Å². The normalized spacial score (nSPS) is 18.4. The van der Waals surface area contributed by atoms with Crippen LogP contribution in [0.5, 0.6) is 0 Å². The Balaban J connectivity index is -0.000000707. The first-order chi connectivity index (χ1) is 21.8. The quantitative estimate of drug-likeness (QED) is 0.236. The predicted molar refractivity (Wildman–Crippen MR) is 198 cm³/mol. The van der Waals surface area contributed by atoms with Crippen molar-refractivity contribution in [2.75, 3.05) is 32.7 Å². The standard InChI is InChI=1S/C19H29N2O2.C15H21N.3C2H6.K/c1-4-18-16(14-15(2)3)7-11-21(19(18)23)13-12-20-9-5-6-17(22)8-10-20;1-3-5-10-13(9-4-2)14-11-7-6-8-12-15(14)16;3*1-2;/h4,14,17H,1,5-13H2,2-3H3;3-4,6-9,12-13H,1,5,10-11,16H2,2H3;3*1-2H3;/q-1;;;;;+1/b;9-4-;;;;. The third-order valence-corrected chi connectivity index (χ3v) is 7.42. The van der Waals surface area contributed by atoms with Crippen LogP contribution in [0.1, 0.15) is 107 Å². The molecule has 2 atom stereocenters.